The molecule has 0 aliphatic rings. The van der Waals surface area contributed by atoms with Crippen LogP contribution in [0, 0.1) is 27.4 Å². The number of aliphatic carboxylic acids is 1. The van der Waals surface area contributed by atoms with Crippen LogP contribution in [-0.4, -0.2) is 22.0 Å². The molecule has 0 amide bonds. The number of hydrogen-bond donors (Lipinski definition) is 2. The van der Waals surface area contributed by atoms with Gasteiger partial charge in [-0.1, -0.05) is 13.8 Å². The molecule has 1 atom stereocenters. The summed E-state index contributed by atoms with van der Waals surface area (Å²) in [4.78, 5) is 21.2. The predicted molar refractivity (Wildman–Crippen MR) is 72.3 cm³/mol. The number of carbonyl (C=O) groups is 1. The highest BCUT2D eigenvalue weighted by molar-refractivity contribution is 5.70. The van der Waals surface area contributed by atoms with Crippen molar-refractivity contribution in [1.82, 2.24) is 0 Å². The van der Waals surface area contributed by atoms with Crippen molar-refractivity contribution < 1.29 is 14.8 Å². The number of nitrogens with one attached hydrogen (secondary N) is 1. The quantitative estimate of drug-likeness (QED) is 0.609. The Balaban J connectivity index is 3.12. The minimum Gasteiger partial charge on any atom is -0.481 e. The molecule has 0 fully saturated rings. The molecule has 0 spiro atoms. The molecular formula is C13H15N3O4. The number of nitro benzene ring substituents is 1. The number of carboxylic acid groups (broad SMARTS) is 1. The van der Waals surface area contributed by atoms with Crippen molar-refractivity contribution in [3.8, 4) is 6.07 Å². The fraction of sp³-hybridized carbons (Fsp3) is 0.385. The Morgan fingerprint density at radius 3 is 2.65 bits per heavy atom. The topological polar surface area (TPSA) is 116 Å². The molecule has 0 radical (unpaired) electrons. The monoisotopic (exact) mass is 277 g/mol. The lowest BCUT2D eigenvalue weighted by Gasteiger charge is -2.21. The minimum atomic E-state index is -0.990. The summed E-state index contributed by atoms with van der Waals surface area (Å²) < 4.78 is 0. The van der Waals surface area contributed by atoms with Gasteiger partial charge in [0.2, 0.25) is 0 Å². The lowest BCUT2D eigenvalue weighted by molar-refractivity contribution is -0.384. The highest BCUT2D eigenvalue weighted by atomic mass is 16.6. The first-order valence-electron chi connectivity index (χ1n) is 6.02. The fourth-order valence-electron chi connectivity index (χ4n) is 1.72. The van der Waals surface area contributed by atoms with Crippen molar-refractivity contribution in [2.24, 2.45) is 5.92 Å². The molecule has 0 aromatic heterocycles. The molecular weight excluding hydrogens is 262 g/mol. The average molecular weight is 277 g/mol. The van der Waals surface area contributed by atoms with E-state index in [0.717, 1.165) is 0 Å². The highest BCUT2D eigenvalue weighted by Crippen LogP contribution is 2.27. The first kappa shape index (κ1) is 15.4. The van der Waals surface area contributed by atoms with E-state index < -0.39 is 16.9 Å². The van der Waals surface area contributed by atoms with Crippen molar-refractivity contribution in [3.63, 3.8) is 0 Å². The van der Waals surface area contributed by atoms with E-state index in [1.54, 1.807) is 0 Å². The summed E-state index contributed by atoms with van der Waals surface area (Å²) in [6, 6.07) is 5.38. The number of nitriles is 1. The Hall–Kier alpha value is -2.62. The lowest BCUT2D eigenvalue weighted by atomic mass is 10.00. The van der Waals surface area contributed by atoms with Crippen molar-refractivity contribution in [2.45, 2.75) is 26.3 Å². The Morgan fingerprint density at radius 2 is 2.20 bits per heavy atom. The molecule has 1 unspecified atom stereocenters. The number of hydrogen-bond acceptors (Lipinski definition) is 5. The van der Waals surface area contributed by atoms with Gasteiger partial charge in [0.25, 0.3) is 5.69 Å². The van der Waals surface area contributed by atoms with Gasteiger partial charge in [-0.15, -0.1) is 0 Å². The molecule has 1 aromatic rings. The van der Waals surface area contributed by atoms with Gasteiger partial charge in [0.15, 0.2) is 0 Å². The second kappa shape index (κ2) is 6.52. The van der Waals surface area contributed by atoms with Gasteiger partial charge in [-0.25, -0.2) is 0 Å². The standard InChI is InChI=1S/C13H15N3O4/c1-8(2)10(6-13(17)18)15-11-5-9(7-14)3-4-12(11)16(19)20/h3-5,8,10,15H,6H2,1-2H3,(H,17,18). The molecule has 0 saturated heterocycles. The van der Waals surface area contributed by atoms with Crippen LogP contribution in [0.5, 0.6) is 0 Å². The number of nitrogens with zero attached hydrogens (tertiary/aromatic N) is 2. The molecule has 2 N–H and O–H groups in total. The van der Waals surface area contributed by atoms with Gasteiger partial charge < -0.3 is 10.4 Å². The molecule has 1 aromatic carbocycles. The molecule has 7 heteroatoms. The van der Waals surface area contributed by atoms with Gasteiger partial charge in [-0.3, -0.25) is 14.9 Å². The molecule has 106 valence electrons. The summed E-state index contributed by atoms with van der Waals surface area (Å²) in [7, 11) is 0. The van der Waals surface area contributed by atoms with Gasteiger partial charge in [0, 0.05) is 12.1 Å². The van der Waals surface area contributed by atoms with E-state index in [2.05, 4.69) is 5.32 Å². The summed E-state index contributed by atoms with van der Waals surface area (Å²) >= 11 is 0. The maximum atomic E-state index is 11.0. The fourth-order valence-corrected chi connectivity index (χ4v) is 1.72. The van der Waals surface area contributed by atoms with Gasteiger partial charge in [0.1, 0.15) is 5.69 Å². The molecule has 1 rings (SSSR count). The molecule has 0 heterocycles. The van der Waals surface area contributed by atoms with Crippen LogP contribution < -0.4 is 5.32 Å². The van der Waals surface area contributed by atoms with E-state index in [1.165, 1.54) is 18.2 Å². The zero-order chi connectivity index (χ0) is 15.3. The third-order valence-electron chi connectivity index (χ3n) is 2.86. The van der Waals surface area contributed by atoms with Crippen LogP contribution in [0.4, 0.5) is 11.4 Å². The highest BCUT2D eigenvalue weighted by Gasteiger charge is 2.21. The Bertz CT molecular complexity index is 563. The first-order chi connectivity index (χ1) is 9.35. The van der Waals surface area contributed by atoms with Gasteiger partial charge in [-0.2, -0.15) is 5.26 Å². The second-order valence-corrected chi connectivity index (χ2v) is 4.69. The van der Waals surface area contributed by atoms with Gasteiger partial charge in [-0.05, 0) is 18.1 Å². The van der Waals surface area contributed by atoms with E-state index in [0.29, 0.717) is 0 Å². The van der Waals surface area contributed by atoms with Crippen LogP contribution in [0.25, 0.3) is 0 Å². The third kappa shape index (κ3) is 3.95. The van der Waals surface area contributed by atoms with Gasteiger partial charge in [0.05, 0.1) is 23.0 Å². The summed E-state index contributed by atoms with van der Waals surface area (Å²) in [5, 5.41) is 31.5. The Labute approximate surface area is 116 Å². The Morgan fingerprint density at radius 1 is 1.55 bits per heavy atom. The third-order valence-corrected chi connectivity index (χ3v) is 2.86. The largest absolute Gasteiger partial charge is 0.481 e. The summed E-state index contributed by atoms with van der Waals surface area (Å²) in [6.45, 7) is 3.64. The number of carboxylic acids is 1. The van der Waals surface area contributed by atoms with Gasteiger partial charge >= 0.3 is 5.97 Å². The predicted octanol–water partition coefficient (Wildman–Crippen LogP) is 2.38. The molecule has 20 heavy (non-hydrogen) atoms. The van der Waals surface area contributed by atoms with Crippen molar-refractivity contribution in [1.29, 1.82) is 5.26 Å². The normalized spacial score (nSPS) is 11.7. The smallest absolute Gasteiger partial charge is 0.305 e. The zero-order valence-electron chi connectivity index (χ0n) is 11.2. The van der Waals surface area contributed by atoms with E-state index in [-0.39, 0.29) is 29.3 Å². The lowest BCUT2D eigenvalue weighted by Crippen LogP contribution is -2.28. The summed E-state index contributed by atoms with van der Waals surface area (Å²) in [5.74, 6) is -1.02. The van der Waals surface area contributed by atoms with Crippen LogP contribution in [0.2, 0.25) is 0 Å². The second-order valence-electron chi connectivity index (χ2n) is 4.69. The van der Waals surface area contributed by atoms with Crippen molar-refractivity contribution in [2.75, 3.05) is 5.32 Å². The van der Waals surface area contributed by atoms with Crippen LogP contribution in [-0.2, 0) is 4.79 Å². The number of rotatable bonds is 6. The molecule has 0 saturated carbocycles. The molecule has 7 nitrogen and oxygen atoms in total. The molecule has 0 aliphatic carbocycles. The number of benzene rings is 1. The van der Waals surface area contributed by atoms with Crippen molar-refractivity contribution >= 4 is 17.3 Å². The van der Waals surface area contributed by atoms with E-state index in [1.807, 2.05) is 19.9 Å². The van der Waals surface area contributed by atoms with Crippen LogP contribution >= 0.6 is 0 Å². The maximum absolute atomic E-state index is 11.0. The van der Waals surface area contributed by atoms with Crippen LogP contribution in [0.3, 0.4) is 0 Å². The summed E-state index contributed by atoms with van der Waals surface area (Å²) in [6.07, 6.45) is -0.161. The number of nitro groups is 1. The SMILES string of the molecule is CC(C)C(CC(=O)O)Nc1cc(C#N)ccc1[N+](=O)[O-]. The number of anilines is 1. The van der Waals surface area contributed by atoms with E-state index in [9.17, 15) is 14.9 Å². The zero-order valence-corrected chi connectivity index (χ0v) is 11.2. The summed E-state index contributed by atoms with van der Waals surface area (Å²) in [5.41, 5.74) is 0.255. The molecule has 0 aliphatic heterocycles. The van der Waals surface area contributed by atoms with E-state index >= 15 is 0 Å². The average Bonchev–Trinajstić information content (AvgIpc) is 2.36. The first-order valence-corrected chi connectivity index (χ1v) is 6.02. The van der Waals surface area contributed by atoms with Crippen LogP contribution in [0.1, 0.15) is 25.8 Å². The van der Waals surface area contributed by atoms with Crippen molar-refractivity contribution in [3.05, 3.63) is 33.9 Å². The van der Waals surface area contributed by atoms with Crippen LogP contribution in [0.15, 0.2) is 18.2 Å². The maximum Gasteiger partial charge on any atom is 0.305 e. The van der Waals surface area contributed by atoms with E-state index in [4.69, 9.17) is 10.4 Å². The molecule has 0 bridgehead atoms. The minimum absolute atomic E-state index is 0.0311. The Kier molecular flexibility index (Phi) is 5.03.